The number of fused-ring (bicyclic) bond motifs is 11. The second kappa shape index (κ2) is 19.1. The molecule has 0 radical (unpaired) electrons. The summed E-state index contributed by atoms with van der Waals surface area (Å²) in [7, 11) is 1.55. The van der Waals surface area contributed by atoms with Crippen molar-refractivity contribution in [2.75, 3.05) is 13.7 Å². The SMILES string of the molecule is COCCc1c(CO)c2ccc3c(c2oc1=O)[C@H]1OC(=O)C[C@@H]2C[C@H](c4cccc(Cc5ccccc5)c4)CC[C@H]2c2ccc(cc2)CCC(=C(C)C)C(=O)O[C@@H]1[C@](C)(C1CCCC1)O3. The largest absolute Gasteiger partial charge is 0.483 e. The third-order valence-electron chi connectivity index (χ3n) is 15.1. The summed E-state index contributed by atoms with van der Waals surface area (Å²) in [5.41, 5.74) is 7.04. The van der Waals surface area contributed by atoms with E-state index in [1.165, 1.54) is 22.3 Å². The van der Waals surface area contributed by atoms with Crippen LogP contribution in [0.2, 0.25) is 0 Å². The Bertz CT molecular complexity index is 2620. The van der Waals surface area contributed by atoms with Gasteiger partial charge in [0.25, 0.3) is 0 Å². The molecule has 0 amide bonds. The van der Waals surface area contributed by atoms with Crippen LogP contribution in [0, 0.1) is 11.8 Å². The second-order valence-corrected chi connectivity index (χ2v) is 19.3. The van der Waals surface area contributed by atoms with Crippen LogP contribution in [0.1, 0.15) is 141 Å². The molecule has 0 unspecified atom stereocenters. The molecule has 2 fully saturated rings. The Morgan fingerprint density at radius 1 is 0.815 bits per heavy atom. The number of methoxy groups -OCH3 is 1. The number of allylic oxidation sites excluding steroid dienone is 1. The first-order valence-electron chi connectivity index (χ1n) is 23.7. The van der Waals surface area contributed by atoms with Crippen LogP contribution in [-0.2, 0) is 49.7 Å². The number of esters is 2. The zero-order valence-electron chi connectivity index (χ0n) is 38.2. The number of aliphatic hydroxyl groups excluding tert-OH is 1. The molecule has 4 aromatic carbocycles. The molecule has 3 aliphatic heterocycles. The van der Waals surface area contributed by atoms with Crippen LogP contribution >= 0.6 is 0 Å². The van der Waals surface area contributed by atoms with Crippen molar-refractivity contribution >= 4 is 22.9 Å². The van der Waals surface area contributed by atoms with Gasteiger partial charge in [0, 0.05) is 42.4 Å². The number of carbonyl (C=O) groups is 2. The van der Waals surface area contributed by atoms with Crippen LogP contribution in [0.25, 0.3) is 11.0 Å². The Morgan fingerprint density at radius 3 is 2.32 bits per heavy atom. The average molecular weight is 879 g/mol. The molecule has 2 aliphatic carbocycles. The van der Waals surface area contributed by atoms with Crippen molar-refractivity contribution in [1.29, 1.82) is 0 Å². The van der Waals surface area contributed by atoms with Crippen LogP contribution in [0.5, 0.6) is 5.75 Å². The molecule has 5 aromatic rings. The molecule has 5 aliphatic rings. The number of ether oxygens (including phenoxy) is 4. The van der Waals surface area contributed by atoms with Crippen molar-refractivity contribution in [2.24, 2.45) is 11.8 Å². The predicted molar refractivity (Wildman–Crippen MR) is 250 cm³/mol. The normalized spacial score (nSPS) is 25.0. The minimum atomic E-state index is -1.18. The summed E-state index contributed by atoms with van der Waals surface area (Å²) >= 11 is 0. The standard InChI is InChI=1S/C56H62O9/c1-34(2)43-23-19-35-17-20-38(21-18-35)44-24-22-40(39-14-10-13-37(30-39)29-36-11-6-5-7-12-36)31-41(44)32-49(58)62-52-50-48(65-56(3,42-15-8-9-16-42)53(52)64-54(43)59)26-25-45-47(33-57)46(27-28-61-4)55(60)63-51(45)50/h5-7,10-14,17-18,20-21,25-26,30,40-42,44,52-53,57H,8-9,15-16,19,22-24,27-29,31-33H2,1-4H3/t40-,41+,44+,52-,53+,56+/m1/s1. The number of aryl methyl sites for hydroxylation is 1. The molecule has 2 saturated carbocycles. The first-order chi connectivity index (χ1) is 31.5. The molecule has 9 nitrogen and oxygen atoms in total. The lowest BCUT2D eigenvalue weighted by molar-refractivity contribution is -0.199. The maximum atomic E-state index is 15.1. The molecule has 0 spiro atoms. The number of aliphatic hydroxyl groups is 1. The van der Waals surface area contributed by atoms with Gasteiger partial charge in [0.05, 0.1) is 18.8 Å². The minimum Gasteiger partial charge on any atom is -0.483 e. The zero-order chi connectivity index (χ0) is 45.2. The minimum absolute atomic E-state index is 0.0124. The van der Waals surface area contributed by atoms with E-state index in [0.717, 1.165) is 62.5 Å². The first-order valence-corrected chi connectivity index (χ1v) is 23.7. The molecule has 1 aromatic heterocycles. The topological polar surface area (TPSA) is 122 Å². The Labute approximate surface area is 382 Å². The highest BCUT2D eigenvalue weighted by Gasteiger charge is 2.57. The van der Waals surface area contributed by atoms with Crippen molar-refractivity contribution in [1.82, 2.24) is 0 Å². The highest BCUT2D eigenvalue weighted by Crippen LogP contribution is 2.53. The number of hydrogen-bond acceptors (Lipinski definition) is 9. The summed E-state index contributed by atoms with van der Waals surface area (Å²) < 4.78 is 32.2. The fourth-order valence-corrected chi connectivity index (χ4v) is 11.6. The van der Waals surface area contributed by atoms with Gasteiger partial charge in [-0.15, -0.1) is 0 Å². The van der Waals surface area contributed by atoms with Crippen LogP contribution < -0.4 is 10.4 Å². The van der Waals surface area contributed by atoms with Crippen molar-refractivity contribution < 1.29 is 38.1 Å². The van der Waals surface area contributed by atoms with Gasteiger partial charge in [-0.1, -0.05) is 97.3 Å². The smallest absolute Gasteiger partial charge is 0.339 e. The maximum Gasteiger partial charge on any atom is 0.339 e. The molecule has 9 heteroatoms. The quantitative estimate of drug-likeness (QED) is 0.0922. The summed E-state index contributed by atoms with van der Waals surface area (Å²) in [6.07, 6.45) is 6.48. The van der Waals surface area contributed by atoms with Crippen LogP contribution in [0.3, 0.4) is 0 Å². The molecular weight excluding hydrogens is 817 g/mol. The van der Waals surface area contributed by atoms with Crippen molar-refractivity contribution in [3.63, 3.8) is 0 Å². The van der Waals surface area contributed by atoms with Crippen molar-refractivity contribution in [2.45, 2.75) is 134 Å². The summed E-state index contributed by atoms with van der Waals surface area (Å²) in [6.45, 7) is 5.66. The first kappa shape index (κ1) is 44.7. The van der Waals surface area contributed by atoms with Crippen LogP contribution in [0.4, 0.5) is 0 Å². The molecular formula is C56H62O9. The van der Waals surface area contributed by atoms with E-state index >= 15 is 4.79 Å². The molecule has 1 N–H and O–H groups in total. The van der Waals surface area contributed by atoms with Crippen LogP contribution in [-0.4, -0.2) is 42.5 Å². The molecule has 65 heavy (non-hydrogen) atoms. The molecule has 10 rings (SSSR count). The number of benzene rings is 4. The van der Waals surface area contributed by atoms with Crippen molar-refractivity contribution in [3.05, 3.63) is 157 Å². The zero-order valence-corrected chi connectivity index (χ0v) is 38.2. The molecule has 340 valence electrons. The summed E-state index contributed by atoms with van der Waals surface area (Å²) in [4.78, 5) is 43.7. The lowest BCUT2D eigenvalue weighted by Crippen LogP contribution is -2.58. The number of carbonyl (C=O) groups excluding carboxylic acids is 2. The van der Waals surface area contributed by atoms with E-state index in [2.05, 4.69) is 72.8 Å². The Hall–Kier alpha value is -5.51. The third-order valence-corrected chi connectivity index (χ3v) is 15.1. The van der Waals surface area contributed by atoms with Gasteiger partial charge in [0.2, 0.25) is 0 Å². The lowest BCUT2D eigenvalue weighted by atomic mass is 9.68. The van der Waals surface area contributed by atoms with E-state index in [-0.39, 0.29) is 48.7 Å². The van der Waals surface area contributed by atoms with Crippen LogP contribution in [0.15, 0.2) is 111 Å². The van der Waals surface area contributed by atoms with Gasteiger partial charge in [0.1, 0.15) is 16.9 Å². The van der Waals surface area contributed by atoms with Gasteiger partial charge in [-0.05, 0) is 135 Å². The fraction of sp³-hybridized carbons (Fsp3) is 0.446. The van der Waals surface area contributed by atoms with E-state index in [1.807, 2.05) is 32.9 Å². The lowest BCUT2D eigenvalue weighted by Gasteiger charge is -2.48. The third kappa shape index (κ3) is 9.07. The Balaban J connectivity index is 1.15. The molecule has 4 heterocycles. The fourth-order valence-electron chi connectivity index (χ4n) is 11.6. The van der Waals surface area contributed by atoms with Gasteiger partial charge in [-0.2, -0.15) is 0 Å². The van der Waals surface area contributed by atoms with E-state index < -0.39 is 42.0 Å². The van der Waals surface area contributed by atoms with E-state index in [0.29, 0.717) is 46.2 Å². The van der Waals surface area contributed by atoms with Crippen molar-refractivity contribution in [3.8, 4) is 5.75 Å². The van der Waals surface area contributed by atoms with Gasteiger partial charge in [0.15, 0.2) is 12.2 Å². The van der Waals surface area contributed by atoms with E-state index in [1.54, 1.807) is 13.2 Å². The molecule has 0 saturated heterocycles. The van der Waals surface area contributed by atoms with Gasteiger partial charge in [-0.3, -0.25) is 4.79 Å². The van der Waals surface area contributed by atoms with Gasteiger partial charge in [-0.25, -0.2) is 9.59 Å². The monoisotopic (exact) mass is 878 g/mol. The average Bonchev–Trinajstić information content (AvgIpc) is 3.86. The number of hydrogen-bond donors (Lipinski definition) is 1. The van der Waals surface area contributed by atoms with E-state index in [9.17, 15) is 14.7 Å². The molecule has 2 bridgehead atoms. The maximum absolute atomic E-state index is 15.1. The summed E-state index contributed by atoms with van der Waals surface area (Å²) in [5.74, 6) is -0.199. The highest BCUT2D eigenvalue weighted by atomic mass is 16.6. The number of rotatable bonds is 8. The summed E-state index contributed by atoms with van der Waals surface area (Å²) in [5, 5.41) is 11.3. The second-order valence-electron chi connectivity index (χ2n) is 19.3. The van der Waals surface area contributed by atoms with Gasteiger partial charge < -0.3 is 28.5 Å². The Morgan fingerprint density at radius 2 is 1.58 bits per heavy atom. The molecule has 6 atom stereocenters. The van der Waals surface area contributed by atoms with Gasteiger partial charge >= 0.3 is 17.6 Å². The highest BCUT2D eigenvalue weighted by molar-refractivity contribution is 5.90. The van der Waals surface area contributed by atoms with E-state index in [4.69, 9.17) is 23.4 Å². The Kier molecular flexibility index (Phi) is 13.2. The predicted octanol–water partition coefficient (Wildman–Crippen LogP) is 10.9. The summed E-state index contributed by atoms with van der Waals surface area (Å²) in [6, 6.07) is 31.8.